The molecular weight excluding hydrogens is 341 g/mol. The van der Waals surface area contributed by atoms with Gasteiger partial charge in [0.25, 0.3) is 5.82 Å². The molecule has 3 nitrogen and oxygen atoms in total. The van der Waals surface area contributed by atoms with Gasteiger partial charge in [-0.2, -0.15) is 0 Å². The van der Waals surface area contributed by atoms with Crippen LogP contribution in [0.2, 0.25) is 5.31 Å². The topological polar surface area (TPSA) is 10.4 Å². The number of aromatic nitrogens is 1. The summed E-state index contributed by atoms with van der Waals surface area (Å²) < 4.78 is 2.57. The Morgan fingerprint density at radius 2 is 1.64 bits per heavy atom. The van der Waals surface area contributed by atoms with Crippen LogP contribution in [0, 0.1) is 0 Å². The summed E-state index contributed by atoms with van der Waals surface area (Å²) in [5, 5.41) is 0.108. The molecule has 0 radical (unpaired) electrons. The second-order valence-corrected chi connectivity index (χ2v) is 10.1. The summed E-state index contributed by atoms with van der Waals surface area (Å²) >= 11 is 0. The highest BCUT2D eigenvalue weighted by molar-refractivity contribution is 6.74. The number of hydrogen-bond donors (Lipinski definition) is 0. The highest BCUT2D eigenvalue weighted by Gasteiger charge is 2.69. The molecule has 28 heavy (non-hydrogen) atoms. The van der Waals surface area contributed by atoms with Crippen LogP contribution in [0.25, 0.3) is 0 Å². The Balaban J connectivity index is 2.07. The summed E-state index contributed by atoms with van der Waals surface area (Å²) in [6.07, 6.45) is 4.59. The fraction of sp³-hybridized carbons (Fsp3) is 0.542. The first-order valence-electron chi connectivity index (χ1n) is 10.8. The molecule has 0 saturated carbocycles. The van der Waals surface area contributed by atoms with Crippen molar-refractivity contribution in [3.05, 3.63) is 48.2 Å². The molecule has 1 aromatic carbocycles. The van der Waals surface area contributed by atoms with E-state index in [0.717, 1.165) is 12.8 Å². The number of benzene rings is 1. The van der Waals surface area contributed by atoms with Crippen molar-refractivity contribution < 1.29 is 4.57 Å². The standard InChI is InChI=1S/C24H35BN3/c1-9-23(6)24(7,10-2)27-16-15-18(22(3,4)5)17-21(27)28-20-14-12-11-13-19(20)26(8)25(23)28/h11-17H,9-10H2,1-8H3/q+1. The number of fused-ring (bicyclic) bond motifs is 5. The molecule has 0 amide bonds. The average molecular weight is 376 g/mol. The van der Waals surface area contributed by atoms with E-state index in [2.05, 4.69) is 112 Å². The number of pyridine rings is 1. The van der Waals surface area contributed by atoms with Crippen LogP contribution in [-0.4, -0.2) is 14.0 Å². The Hall–Kier alpha value is -1.97. The van der Waals surface area contributed by atoms with Crippen molar-refractivity contribution in [3.8, 4) is 0 Å². The SMILES string of the molecule is CCC1(C)B2N(C)c3ccccc3N2c2cc(C(C)(C)C)cc[n+]2C1(C)CC. The van der Waals surface area contributed by atoms with Crippen LogP contribution >= 0.6 is 0 Å². The summed E-state index contributed by atoms with van der Waals surface area (Å²) in [6, 6.07) is 13.7. The van der Waals surface area contributed by atoms with E-state index in [1.54, 1.807) is 0 Å². The second-order valence-electron chi connectivity index (χ2n) is 10.1. The van der Waals surface area contributed by atoms with Crippen molar-refractivity contribution in [2.45, 2.75) is 77.6 Å². The molecular formula is C24H35BN3+. The summed E-state index contributed by atoms with van der Waals surface area (Å²) in [6.45, 7) is 16.9. The van der Waals surface area contributed by atoms with Gasteiger partial charge in [-0.1, -0.05) is 53.7 Å². The van der Waals surface area contributed by atoms with Crippen LogP contribution in [0.5, 0.6) is 0 Å². The molecule has 4 rings (SSSR count). The normalized spacial score (nSPS) is 26.2. The van der Waals surface area contributed by atoms with E-state index in [0.29, 0.717) is 6.98 Å². The smallest absolute Gasteiger partial charge is 0.373 e. The maximum atomic E-state index is 2.60. The van der Waals surface area contributed by atoms with Crippen LogP contribution in [0.15, 0.2) is 42.6 Å². The van der Waals surface area contributed by atoms with Crippen molar-refractivity contribution in [1.82, 2.24) is 0 Å². The number of para-hydroxylation sites is 2. The zero-order valence-electron chi connectivity index (χ0n) is 18.9. The molecule has 3 heterocycles. The van der Waals surface area contributed by atoms with Crippen LogP contribution < -0.4 is 14.2 Å². The first-order valence-corrected chi connectivity index (χ1v) is 10.8. The van der Waals surface area contributed by atoms with Crippen LogP contribution in [0.4, 0.5) is 17.2 Å². The zero-order valence-corrected chi connectivity index (χ0v) is 18.9. The Kier molecular flexibility index (Phi) is 4.16. The lowest BCUT2D eigenvalue weighted by Gasteiger charge is -2.51. The van der Waals surface area contributed by atoms with Gasteiger partial charge in [-0.15, -0.1) is 0 Å². The van der Waals surface area contributed by atoms with E-state index < -0.39 is 0 Å². The fourth-order valence-electron chi connectivity index (χ4n) is 5.61. The lowest BCUT2D eigenvalue weighted by molar-refractivity contribution is -0.758. The third-order valence-corrected chi connectivity index (χ3v) is 7.93. The van der Waals surface area contributed by atoms with Gasteiger partial charge in [0, 0.05) is 6.07 Å². The molecule has 0 fully saturated rings. The van der Waals surface area contributed by atoms with Crippen molar-refractivity contribution in [3.63, 3.8) is 0 Å². The zero-order chi connectivity index (χ0) is 20.5. The summed E-state index contributed by atoms with van der Waals surface area (Å²) in [5.41, 5.74) is 4.23. The average Bonchev–Trinajstić information content (AvgIpc) is 2.98. The minimum atomic E-state index is 0.0466. The molecule has 1 aromatic heterocycles. The van der Waals surface area contributed by atoms with Gasteiger partial charge >= 0.3 is 6.98 Å². The largest absolute Gasteiger partial charge is 0.512 e. The maximum Gasteiger partial charge on any atom is 0.512 e. The molecule has 2 atom stereocenters. The second kappa shape index (κ2) is 6.01. The van der Waals surface area contributed by atoms with E-state index in [1.807, 2.05) is 0 Å². The predicted octanol–water partition coefficient (Wildman–Crippen LogP) is 5.66. The molecule has 0 spiro atoms. The molecule has 2 aliphatic rings. The lowest BCUT2D eigenvalue weighted by Crippen LogP contribution is -2.74. The van der Waals surface area contributed by atoms with Gasteiger partial charge in [-0.25, -0.2) is 4.57 Å². The first kappa shape index (κ1) is 19.4. The van der Waals surface area contributed by atoms with Crippen LogP contribution in [-0.2, 0) is 11.0 Å². The van der Waals surface area contributed by atoms with Crippen molar-refractivity contribution in [2.24, 2.45) is 0 Å². The Morgan fingerprint density at radius 1 is 1.00 bits per heavy atom. The molecule has 0 N–H and O–H groups in total. The van der Waals surface area contributed by atoms with Gasteiger partial charge < -0.3 is 4.81 Å². The Morgan fingerprint density at radius 3 is 2.21 bits per heavy atom. The van der Waals surface area contributed by atoms with E-state index in [1.165, 1.54) is 22.8 Å². The first-order chi connectivity index (χ1) is 13.1. The highest BCUT2D eigenvalue weighted by Crippen LogP contribution is 2.59. The summed E-state index contributed by atoms with van der Waals surface area (Å²) in [5.74, 6) is 1.32. The van der Waals surface area contributed by atoms with Gasteiger partial charge in [-0.05, 0) is 56.0 Å². The van der Waals surface area contributed by atoms with Crippen molar-refractivity contribution in [2.75, 3.05) is 16.7 Å². The highest BCUT2D eigenvalue weighted by atomic mass is 15.4. The predicted molar refractivity (Wildman–Crippen MR) is 121 cm³/mol. The number of nitrogens with zero attached hydrogens (tertiary/aromatic N) is 3. The van der Waals surface area contributed by atoms with Gasteiger partial charge in [0.05, 0.1) is 17.2 Å². The molecule has 2 aliphatic heterocycles. The maximum absolute atomic E-state index is 2.60. The minimum Gasteiger partial charge on any atom is -0.373 e. The van der Waals surface area contributed by atoms with E-state index in [4.69, 9.17) is 0 Å². The molecule has 4 heteroatoms. The third-order valence-electron chi connectivity index (χ3n) is 7.93. The fourth-order valence-corrected chi connectivity index (χ4v) is 5.61. The quantitative estimate of drug-likeness (QED) is 0.495. The van der Waals surface area contributed by atoms with E-state index in [-0.39, 0.29) is 16.3 Å². The number of hydrogen-bond acceptors (Lipinski definition) is 2. The van der Waals surface area contributed by atoms with Crippen molar-refractivity contribution in [1.29, 1.82) is 0 Å². The van der Waals surface area contributed by atoms with Gasteiger partial charge in [0.1, 0.15) is 11.2 Å². The molecule has 0 bridgehead atoms. The number of rotatable bonds is 2. The van der Waals surface area contributed by atoms with Crippen LogP contribution in [0.3, 0.4) is 0 Å². The molecule has 2 unspecified atom stereocenters. The van der Waals surface area contributed by atoms with E-state index in [9.17, 15) is 0 Å². The van der Waals surface area contributed by atoms with Crippen LogP contribution in [0.1, 0.15) is 66.9 Å². The summed E-state index contributed by atoms with van der Waals surface area (Å²) in [4.78, 5) is 5.12. The Bertz CT molecular complexity index is 918. The third kappa shape index (κ3) is 2.27. The van der Waals surface area contributed by atoms with Gasteiger partial charge in [0.2, 0.25) is 0 Å². The molecule has 0 aliphatic carbocycles. The summed E-state index contributed by atoms with van der Waals surface area (Å²) in [7, 11) is 2.27. The molecule has 2 aromatic rings. The number of anilines is 3. The molecule has 148 valence electrons. The van der Waals surface area contributed by atoms with Crippen molar-refractivity contribution >= 4 is 24.2 Å². The van der Waals surface area contributed by atoms with Gasteiger partial charge in [0.15, 0.2) is 0 Å². The monoisotopic (exact) mass is 376 g/mol. The minimum absolute atomic E-state index is 0.0466. The van der Waals surface area contributed by atoms with Gasteiger partial charge in [-0.3, -0.25) is 4.81 Å². The van der Waals surface area contributed by atoms with E-state index >= 15 is 0 Å². The Labute approximate surface area is 171 Å². The molecule has 0 saturated heterocycles. The lowest BCUT2D eigenvalue weighted by atomic mass is 9.39.